The zero-order chi connectivity index (χ0) is 16.6. The van der Waals surface area contributed by atoms with Crippen LogP contribution < -0.4 is 5.32 Å². The highest BCUT2D eigenvalue weighted by Crippen LogP contribution is 2.24. The molecule has 3 aromatic rings. The van der Waals surface area contributed by atoms with Crippen LogP contribution in [0.1, 0.15) is 25.7 Å². The van der Waals surface area contributed by atoms with Crippen molar-refractivity contribution in [3.05, 3.63) is 40.7 Å². The SMILES string of the molecule is Cc1nc(NC(=O)c2ccc3ocnc3c2)sc1C(=O)N(C)C. The molecule has 0 fully saturated rings. The minimum Gasteiger partial charge on any atom is -0.443 e. The molecule has 118 valence electrons. The molecule has 0 aliphatic carbocycles. The van der Waals surface area contributed by atoms with E-state index in [2.05, 4.69) is 15.3 Å². The summed E-state index contributed by atoms with van der Waals surface area (Å²) in [5, 5.41) is 3.10. The number of nitrogens with zero attached hydrogens (tertiary/aromatic N) is 3. The number of aryl methyl sites for hydroxylation is 1. The van der Waals surface area contributed by atoms with Gasteiger partial charge in [0.05, 0.1) is 5.69 Å². The van der Waals surface area contributed by atoms with Gasteiger partial charge in [0, 0.05) is 19.7 Å². The van der Waals surface area contributed by atoms with Gasteiger partial charge in [-0.2, -0.15) is 0 Å². The van der Waals surface area contributed by atoms with E-state index in [1.807, 2.05) is 0 Å². The van der Waals surface area contributed by atoms with Crippen LogP contribution in [0.3, 0.4) is 0 Å². The van der Waals surface area contributed by atoms with Gasteiger partial charge in [-0.25, -0.2) is 9.97 Å². The molecule has 0 bridgehead atoms. The summed E-state index contributed by atoms with van der Waals surface area (Å²) in [5.41, 5.74) is 2.26. The number of hydrogen-bond donors (Lipinski definition) is 1. The Morgan fingerprint density at radius 3 is 2.83 bits per heavy atom. The number of anilines is 1. The number of carbonyl (C=O) groups excluding carboxylic acids is 2. The van der Waals surface area contributed by atoms with Crippen LogP contribution in [-0.2, 0) is 0 Å². The number of amides is 2. The predicted octanol–water partition coefficient (Wildman–Crippen LogP) is 2.55. The maximum Gasteiger partial charge on any atom is 0.265 e. The van der Waals surface area contributed by atoms with E-state index < -0.39 is 0 Å². The number of benzene rings is 1. The van der Waals surface area contributed by atoms with Crippen LogP contribution in [0.25, 0.3) is 11.1 Å². The van der Waals surface area contributed by atoms with E-state index in [9.17, 15) is 9.59 Å². The molecule has 23 heavy (non-hydrogen) atoms. The summed E-state index contributed by atoms with van der Waals surface area (Å²) in [6.45, 7) is 1.74. The topological polar surface area (TPSA) is 88.3 Å². The van der Waals surface area contributed by atoms with E-state index in [-0.39, 0.29) is 11.8 Å². The Balaban J connectivity index is 1.82. The van der Waals surface area contributed by atoms with Crippen LogP contribution >= 0.6 is 11.3 Å². The second kappa shape index (κ2) is 5.81. The fourth-order valence-electron chi connectivity index (χ4n) is 2.02. The molecule has 1 aromatic carbocycles. The molecule has 3 rings (SSSR count). The van der Waals surface area contributed by atoms with Gasteiger partial charge >= 0.3 is 0 Å². The monoisotopic (exact) mass is 330 g/mol. The summed E-state index contributed by atoms with van der Waals surface area (Å²) in [4.78, 5) is 34.6. The first-order chi connectivity index (χ1) is 11.0. The molecule has 0 aliphatic heterocycles. The molecule has 0 atom stereocenters. The number of thiazole rings is 1. The van der Waals surface area contributed by atoms with E-state index in [4.69, 9.17) is 4.42 Å². The van der Waals surface area contributed by atoms with Crippen LogP contribution in [-0.4, -0.2) is 40.8 Å². The number of hydrogen-bond acceptors (Lipinski definition) is 6. The van der Waals surface area contributed by atoms with Crippen LogP contribution in [0.4, 0.5) is 5.13 Å². The zero-order valence-corrected chi connectivity index (χ0v) is 13.6. The molecule has 7 nitrogen and oxygen atoms in total. The quantitative estimate of drug-likeness (QED) is 0.797. The molecule has 0 aliphatic rings. The summed E-state index contributed by atoms with van der Waals surface area (Å²) < 4.78 is 5.14. The van der Waals surface area contributed by atoms with Gasteiger partial charge in [-0.15, -0.1) is 0 Å². The van der Waals surface area contributed by atoms with Crippen LogP contribution in [0, 0.1) is 6.92 Å². The third-order valence-electron chi connectivity index (χ3n) is 3.21. The van der Waals surface area contributed by atoms with Crippen molar-refractivity contribution in [3.8, 4) is 0 Å². The fraction of sp³-hybridized carbons (Fsp3) is 0.200. The lowest BCUT2D eigenvalue weighted by molar-refractivity contribution is 0.0831. The Morgan fingerprint density at radius 2 is 2.09 bits per heavy atom. The molecular formula is C15H14N4O3S. The third-order valence-corrected chi connectivity index (χ3v) is 4.27. The van der Waals surface area contributed by atoms with Gasteiger partial charge < -0.3 is 9.32 Å². The predicted molar refractivity (Wildman–Crippen MR) is 86.8 cm³/mol. The summed E-state index contributed by atoms with van der Waals surface area (Å²) in [6.07, 6.45) is 1.33. The van der Waals surface area contributed by atoms with Crippen molar-refractivity contribution in [2.75, 3.05) is 19.4 Å². The van der Waals surface area contributed by atoms with Gasteiger partial charge in [-0.05, 0) is 25.1 Å². The molecule has 0 radical (unpaired) electrons. The first-order valence-corrected chi connectivity index (χ1v) is 7.61. The molecule has 0 unspecified atom stereocenters. The maximum absolute atomic E-state index is 12.3. The highest BCUT2D eigenvalue weighted by Gasteiger charge is 2.18. The van der Waals surface area contributed by atoms with Crippen LogP contribution in [0.2, 0.25) is 0 Å². The Bertz CT molecular complexity index is 897. The van der Waals surface area contributed by atoms with Gasteiger partial charge in [0.25, 0.3) is 11.8 Å². The third kappa shape index (κ3) is 2.93. The smallest absolute Gasteiger partial charge is 0.265 e. The fourth-order valence-corrected chi connectivity index (χ4v) is 3.00. The molecule has 1 N–H and O–H groups in total. The summed E-state index contributed by atoms with van der Waals surface area (Å²) in [5.74, 6) is -0.447. The normalized spacial score (nSPS) is 10.7. The van der Waals surface area contributed by atoms with E-state index in [1.54, 1.807) is 39.2 Å². The molecule has 2 heterocycles. The van der Waals surface area contributed by atoms with Crippen molar-refractivity contribution in [1.82, 2.24) is 14.9 Å². The zero-order valence-electron chi connectivity index (χ0n) is 12.8. The number of nitrogens with one attached hydrogen (secondary N) is 1. The standard InChI is InChI=1S/C15H14N4O3S/c1-8-12(14(21)19(2)3)23-15(17-8)18-13(20)9-4-5-11-10(6-9)16-7-22-11/h4-7H,1-3H3,(H,17,18,20). The van der Waals surface area contributed by atoms with Crippen molar-refractivity contribution < 1.29 is 14.0 Å². The van der Waals surface area contributed by atoms with Crippen molar-refractivity contribution in [2.45, 2.75) is 6.92 Å². The molecule has 0 spiro atoms. The highest BCUT2D eigenvalue weighted by molar-refractivity contribution is 7.17. The maximum atomic E-state index is 12.3. The van der Waals surface area contributed by atoms with Crippen molar-refractivity contribution in [1.29, 1.82) is 0 Å². The number of fused-ring (bicyclic) bond motifs is 1. The van der Waals surface area contributed by atoms with Crippen molar-refractivity contribution in [2.24, 2.45) is 0 Å². The van der Waals surface area contributed by atoms with Gasteiger partial charge in [0.2, 0.25) is 0 Å². The first kappa shape index (κ1) is 15.2. The molecule has 2 amide bonds. The Labute approximate surface area is 136 Å². The van der Waals surface area contributed by atoms with Crippen molar-refractivity contribution >= 4 is 39.4 Å². The molecular weight excluding hydrogens is 316 g/mol. The molecule has 8 heteroatoms. The largest absolute Gasteiger partial charge is 0.443 e. The average Bonchev–Trinajstić information content (AvgIpc) is 3.11. The summed E-state index contributed by atoms with van der Waals surface area (Å²) >= 11 is 1.16. The van der Waals surface area contributed by atoms with E-state index in [0.717, 1.165) is 11.3 Å². The van der Waals surface area contributed by atoms with E-state index >= 15 is 0 Å². The van der Waals surface area contributed by atoms with E-state index in [0.29, 0.717) is 32.4 Å². The summed E-state index contributed by atoms with van der Waals surface area (Å²) in [7, 11) is 3.35. The van der Waals surface area contributed by atoms with Crippen LogP contribution in [0.5, 0.6) is 0 Å². The molecule has 2 aromatic heterocycles. The molecule has 0 saturated heterocycles. The van der Waals surface area contributed by atoms with Crippen LogP contribution in [0.15, 0.2) is 29.0 Å². The number of aromatic nitrogens is 2. The lowest BCUT2D eigenvalue weighted by atomic mass is 10.2. The first-order valence-electron chi connectivity index (χ1n) is 6.79. The Hall–Kier alpha value is -2.74. The second-order valence-corrected chi connectivity index (χ2v) is 6.12. The van der Waals surface area contributed by atoms with Gasteiger partial charge in [0.1, 0.15) is 10.4 Å². The van der Waals surface area contributed by atoms with Crippen molar-refractivity contribution in [3.63, 3.8) is 0 Å². The second-order valence-electron chi connectivity index (χ2n) is 5.12. The lowest BCUT2D eigenvalue weighted by Crippen LogP contribution is -2.21. The highest BCUT2D eigenvalue weighted by atomic mass is 32.1. The number of carbonyl (C=O) groups is 2. The average molecular weight is 330 g/mol. The van der Waals surface area contributed by atoms with Gasteiger partial charge in [0.15, 0.2) is 17.1 Å². The number of rotatable bonds is 3. The van der Waals surface area contributed by atoms with E-state index in [1.165, 1.54) is 11.3 Å². The molecule has 0 saturated carbocycles. The Morgan fingerprint density at radius 1 is 1.30 bits per heavy atom. The lowest BCUT2D eigenvalue weighted by Gasteiger charge is -2.07. The minimum atomic E-state index is -0.312. The number of oxazole rings is 1. The van der Waals surface area contributed by atoms with Gasteiger partial charge in [-0.1, -0.05) is 11.3 Å². The Kier molecular flexibility index (Phi) is 3.83. The summed E-state index contributed by atoms with van der Waals surface area (Å²) in [6, 6.07) is 4.97. The minimum absolute atomic E-state index is 0.135. The van der Waals surface area contributed by atoms with Gasteiger partial charge in [-0.3, -0.25) is 14.9 Å².